The molecule has 1 aliphatic carbocycles. The number of benzene rings is 1. The lowest BCUT2D eigenvalue weighted by atomic mass is 10.2. The van der Waals surface area contributed by atoms with E-state index in [1.807, 2.05) is 6.92 Å². The van der Waals surface area contributed by atoms with Crippen molar-refractivity contribution in [3.8, 4) is 5.69 Å². The first kappa shape index (κ1) is 18.3. The van der Waals surface area contributed by atoms with Gasteiger partial charge in [-0.2, -0.15) is 31.4 Å². The Labute approximate surface area is 143 Å². The normalized spacial score (nSPS) is 20.1. The van der Waals surface area contributed by atoms with Gasteiger partial charge in [0, 0.05) is 17.7 Å². The van der Waals surface area contributed by atoms with E-state index < -0.39 is 23.7 Å². The highest BCUT2D eigenvalue weighted by Crippen LogP contribution is 2.39. The van der Waals surface area contributed by atoms with Gasteiger partial charge in [0.15, 0.2) is 5.69 Å². The van der Waals surface area contributed by atoms with Crippen molar-refractivity contribution in [3.63, 3.8) is 0 Å². The third-order valence-corrected chi connectivity index (χ3v) is 4.12. The summed E-state index contributed by atoms with van der Waals surface area (Å²) in [5.74, 6) is 0.000117. The fourth-order valence-electron chi connectivity index (χ4n) is 2.53. The highest BCUT2D eigenvalue weighted by Gasteiger charge is 2.42. The molecule has 1 N–H and O–H groups in total. The second kappa shape index (κ2) is 6.03. The fourth-order valence-corrected chi connectivity index (χ4v) is 2.53. The van der Waals surface area contributed by atoms with Gasteiger partial charge >= 0.3 is 12.4 Å². The third-order valence-electron chi connectivity index (χ3n) is 4.12. The van der Waals surface area contributed by atoms with Crippen LogP contribution in [-0.2, 0) is 17.1 Å². The number of aromatic nitrogens is 2. The van der Waals surface area contributed by atoms with Crippen LogP contribution in [0.3, 0.4) is 0 Å². The number of halogens is 6. The number of alkyl halides is 6. The van der Waals surface area contributed by atoms with Crippen molar-refractivity contribution in [3.05, 3.63) is 41.7 Å². The lowest BCUT2D eigenvalue weighted by Gasteiger charge is -2.11. The van der Waals surface area contributed by atoms with Gasteiger partial charge in [0.05, 0.1) is 5.69 Å². The van der Waals surface area contributed by atoms with Crippen molar-refractivity contribution in [2.45, 2.75) is 25.7 Å². The molecule has 2 unspecified atom stereocenters. The molecule has 10 heteroatoms. The molecule has 1 heterocycles. The first-order chi connectivity index (χ1) is 12.0. The van der Waals surface area contributed by atoms with Gasteiger partial charge in [-0.3, -0.25) is 4.79 Å². The molecule has 1 fully saturated rings. The first-order valence-electron chi connectivity index (χ1n) is 7.62. The minimum Gasteiger partial charge on any atom is -0.326 e. The van der Waals surface area contributed by atoms with E-state index in [-0.39, 0.29) is 34.2 Å². The standard InChI is InChI=1S/C16H13F6N3O/c1-8-6-11(8)14(26)23-9-2-4-10(5-3-9)25-13(16(20,21)22)7-12(24-25)15(17,18)19/h2-5,7-8,11H,6H2,1H3,(H,23,26). The van der Waals surface area contributed by atoms with Crippen LogP contribution in [0.1, 0.15) is 24.7 Å². The van der Waals surface area contributed by atoms with Gasteiger partial charge in [0.25, 0.3) is 0 Å². The molecule has 0 radical (unpaired) electrons. The van der Waals surface area contributed by atoms with Crippen LogP contribution in [0.2, 0.25) is 0 Å². The van der Waals surface area contributed by atoms with Crippen molar-refractivity contribution >= 4 is 11.6 Å². The summed E-state index contributed by atoms with van der Waals surface area (Å²) in [6, 6.07) is 4.91. The van der Waals surface area contributed by atoms with Crippen molar-refractivity contribution in [1.82, 2.24) is 9.78 Å². The van der Waals surface area contributed by atoms with Crippen LogP contribution in [0.15, 0.2) is 30.3 Å². The van der Waals surface area contributed by atoms with Crippen LogP contribution >= 0.6 is 0 Å². The van der Waals surface area contributed by atoms with Gasteiger partial charge in [-0.05, 0) is 36.6 Å². The number of carbonyl (C=O) groups excluding carboxylic acids is 1. The van der Waals surface area contributed by atoms with Crippen molar-refractivity contribution in [1.29, 1.82) is 0 Å². The maximum atomic E-state index is 13.0. The maximum Gasteiger partial charge on any atom is 0.435 e. The van der Waals surface area contributed by atoms with Crippen LogP contribution in [0.25, 0.3) is 5.69 Å². The van der Waals surface area contributed by atoms with E-state index in [9.17, 15) is 31.1 Å². The van der Waals surface area contributed by atoms with Gasteiger partial charge in [0.1, 0.15) is 5.69 Å². The fraction of sp³-hybridized carbons (Fsp3) is 0.375. The van der Waals surface area contributed by atoms with Crippen molar-refractivity contribution < 1.29 is 31.1 Å². The number of nitrogens with zero attached hydrogens (tertiary/aromatic N) is 2. The zero-order valence-corrected chi connectivity index (χ0v) is 13.3. The Morgan fingerprint density at radius 1 is 1.12 bits per heavy atom. The minimum absolute atomic E-state index is 0.0375. The van der Waals surface area contributed by atoms with Gasteiger partial charge < -0.3 is 5.32 Å². The van der Waals surface area contributed by atoms with E-state index in [0.29, 0.717) is 5.69 Å². The summed E-state index contributed by atoms with van der Waals surface area (Å²) in [6.45, 7) is 1.92. The van der Waals surface area contributed by atoms with Crippen molar-refractivity contribution in [2.24, 2.45) is 11.8 Å². The Bertz CT molecular complexity index is 822. The molecule has 0 bridgehead atoms. The summed E-state index contributed by atoms with van der Waals surface area (Å²) in [7, 11) is 0. The molecule has 0 spiro atoms. The summed E-state index contributed by atoms with van der Waals surface area (Å²) in [5.41, 5.74) is -3.03. The third kappa shape index (κ3) is 3.68. The van der Waals surface area contributed by atoms with Crippen LogP contribution in [0.4, 0.5) is 32.0 Å². The first-order valence-corrected chi connectivity index (χ1v) is 7.62. The van der Waals surface area contributed by atoms with E-state index in [4.69, 9.17) is 0 Å². The second-order valence-corrected chi connectivity index (χ2v) is 6.18. The molecule has 26 heavy (non-hydrogen) atoms. The second-order valence-electron chi connectivity index (χ2n) is 6.18. The maximum absolute atomic E-state index is 13.0. The molecule has 1 saturated carbocycles. The number of hydrogen-bond donors (Lipinski definition) is 1. The van der Waals surface area contributed by atoms with Gasteiger partial charge in [-0.25, -0.2) is 4.68 Å². The Kier molecular flexibility index (Phi) is 4.24. The SMILES string of the molecule is CC1CC1C(=O)Nc1ccc(-n2nc(C(F)(F)F)cc2C(F)(F)F)cc1. The number of anilines is 1. The van der Waals surface area contributed by atoms with Gasteiger partial charge in [0.2, 0.25) is 5.91 Å². The lowest BCUT2D eigenvalue weighted by molar-refractivity contribution is -0.143. The summed E-state index contributed by atoms with van der Waals surface area (Å²) in [5, 5.41) is 5.66. The summed E-state index contributed by atoms with van der Waals surface area (Å²) in [4.78, 5) is 11.8. The Morgan fingerprint density at radius 2 is 1.69 bits per heavy atom. The zero-order valence-electron chi connectivity index (χ0n) is 13.3. The van der Waals surface area contributed by atoms with E-state index in [2.05, 4.69) is 10.4 Å². The van der Waals surface area contributed by atoms with Crippen LogP contribution in [0.5, 0.6) is 0 Å². The number of rotatable bonds is 3. The lowest BCUT2D eigenvalue weighted by Crippen LogP contribution is -2.15. The zero-order chi connectivity index (χ0) is 19.3. The molecule has 4 nitrogen and oxygen atoms in total. The average Bonchev–Trinajstić information content (AvgIpc) is 3.07. The molecular weight excluding hydrogens is 364 g/mol. The van der Waals surface area contributed by atoms with Crippen molar-refractivity contribution in [2.75, 3.05) is 5.32 Å². The smallest absolute Gasteiger partial charge is 0.326 e. The molecule has 0 aliphatic heterocycles. The largest absolute Gasteiger partial charge is 0.435 e. The topological polar surface area (TPSA) is 46.9 Å². The van der Waals surface area contributed by atoms with Crippen LogP contribution in [-0.4, -0.2) is 15.7 Å². The van der Waals surface area contributed by atoms with E-state index >= 15 is 0 Å². The Balaban J connectivity index is 1.88. The number of hydrogen-bond acceptors (Lipinski definition) is 2. The van der Waals surface area contributed by atoms with Crippen LogP contribution in [0, 0.1) is 11.8 Å². The molecule has 1 amide bonds. The Hall–Kier alpha value is -2.52. The number of carbonyl (C=O) groups is 1. The highest BCUT2D eigenvalue weighted by atomic mass is 19.4. The van der Waals surface area contributed by atoms with E-state index in [1.54, 1.807) is 0 Å². The quantitative estimate of drug-likeness (QED) is 0.801. The number of nitrogens with one attached hydrogen (secondary N) is 1. The Morgan fingerprint density at radius 3 is 2.15 bits per heavy atom. The van der Waals surface area contributed by atoms with Gasteiger partial charge in [-0.15, -0.1) is 0 Å². The van der Waals surface area contributed by atoms with Gasteiger partial charge in [-0.1, -0.05) is 6.92 Å². The monoisotopic (exact) mass is 377 g/mol. The summed E-state index contributed by atoms with van der Waals surface area (Å²) >= 11 is 0. The predicted molar refractivity (Wildman–Crippen MR) is 79.5 cm³/mol. The predicted octanol–water partition coefficient (Wildman–Crippen LogP) is 4.50. The molecular formula is C16H13F6N3O. The molecule has 2 aromatic rings. The molecule has 2 atom stereocenters. The molecule has 140 valence electrons. The number of amides is 1. The highest BCUT2D eigenvalue weighted by molar-refractivity contribution is 5.94. The molecule has 3 rings (SSSR count). The minimum atomic E-state index is -5.01. The average molecular weight is 377 g/mol. The molecule has 0 saturated heterocycles. The summed E-state index contributed by atoms with van der Waals surface area (Å²) in [6.07, 6.45) is -9.24. The van der Waals surface area contributed by atoms with Crippen LogP contribution < -0.4 is 5.32 Å². The molecule has 1 aromatic heterocycles. The molecule has 1 aromatic carbocycles. The van der Waals surface area contributed by atoms with E-state index in [1.165, 1.54) is 12.1 Å². The van der Waals surface area contributed by atoms with E-state index in [0.717, 1.165) is 18.6 Å². The molecule has 1 aliphatic rings. The summed E-state index contributed by atoms with van der Waals surface area (Å²) < 4.78 is 77.4.